The molecule has 158 valence electrons. The third-order valence-corrected chi connectivity index (χ3v) is 7.13. The molecule has 1 saturated heterocycles. The molecule has 1 fully saturated rings. The zero-order chi connectivity index (χ0) is 22.1. The summed E-state index contributed by atoms with van der Waals surface area (Å²) in [6.07, 6.45) is 0. The summed E-state index contributed by atoms with van der Waals surface area (Å²) < 4.78 is 18.6. The van der Waals surface area contributed by atoms with E-state index in [-0.39, 0.29) is 18.3 Å². The quantitative estimate of drug-likeness (QED) is 0.298. The van der Waals surface area contributed by atoms with Crippen molar-refractivity contribution in [3.05, 3.63) is 78.9 Å². The van der Waals surface area contributed by atoms with Crippen LogP contribution in [0.1, 0.15) is 27.7 Å². The molecular weight excluding hydrogens is 395 g/mol. The van der Waals surface area contributed by atoms with Crippen LogP contribution in [0.3, 0.4) is 0 Å². The van der Waals surface area contributed by atoms with Gasteiger partial charge in [0.25, 0.3) is 0 Å². The third-order valence-electron chi connectivity index (χ3n) is 7.13. The smallest absolute Gasteiger partial charge is 0.455 e. The van der Waals surface area contributed by atoms with Crippen molar-refractivity contribution in [3.8, 4) is 11.1 Å². The standard InChI is InChI=1S/C28H25BO3/c1-27(2)28(3,4)32-29(31-27)21-13-9-18(10-14-21)20-12-16-25-24(17-20)23-15-11-19-7-5-6-8-22(19)26(23)30-25/h5-17H,1-4H3. The van der Waals surface area contributed by atoms with Gasteiger partial charge in [0.1, 0.15) is 11.2 Å². The van der Waals surface area contributed by atoms with E-state index in [1.807, 2.05) is 0 Å². The summed E-state index contributed by atoms with van der Waals surface area (Å²) in [5, 5.41) is 4.62. The molecule has 0 aliphatic carbocycles. The molecule has 0 bridgehead atoms. The van der Waals surface area contributed by atoms with E-state index in [9.17, 15) is 0 Å². The van der Waals surface area contributed by atoms with Crippen molar-refractivity contribution < 1.29 is 13.7 Å². The van der Waals surface area contributed by atoms with Gasteiger partial charge in [0, 0.05) is 16.2 Å². The van der Waals surface area contributed by atoms with E-state index in [1.54, 1.807) is 0 Å². The Hall–Kier alpha value is -3.08. The Morgan fingerprint density at radius 3 is 2.06 bits per heavy atom. The lowest BCUT2D eigenvalue weighted by atomic mass is 9.78. The van der Waals surface area contributed by atoms with Gasteiger partial charge in [-0.25, -0.2) is 0 Å². The van der Waals surface area contributed by atoms with Crippen molar-refractivity contribution in [2.75, 3.05) is 0 Å². The van der Waals surface area contributed by atoms with Gasteiger partial charge in [-0.3, -0.25) is 0 Å². The number of fused-ring (bicyclic) bond motifs is 5. The Morgan fingerprint density at radius 1 is 0.625 bits per heavy atom. The monoisotopic (exact) mass is 420 g/mol. The molecule has 5 aromatic rings. The highest BCUT2D eigenvalue weighted by Crippen LogP contribution is 2.38. The molecule has 1 aromatic heterocycles. The van der Waals surface area contributed by atoms with Crippen LogP contribution in [-0.2, 0) is 9.31 Å². The van der Waals surface area contributed by atoms with E-state index >= 15 is 0 Å². The van der Waals surface area contributed by atoms with Gasteiger partial charge in [0.05, 0.1) is 11.2 Å². The second-order valence-corrected chi connectivity index (χ2v) is 9.69. The summed E-state index contributed by atoms with van der Waals surface area (Å²) in [5.41, 5.74) is 4.53. The number of hydrogen-bond donors (Lipinski definition) is 0. The molecule has 0 unspecified atom stereocenters. The van der Waals surface area contributed by atoms with Gasteiger partial charge in [-0.2, -0.15) is 0 Å². The van der Waals surface area contributed by atoms with Gasteiger partial charge in [0.15, 0.2) is 0 Å². The first-order chi connectivity index (χ1) is 15.3. The molecule has 0 N–H and O–H groups in total. The molecular formula is C28H25BO3. The summed E-state index contributed by atoms with van der Waals surface area (Å²) in [7, 11) is -0.345. The topological polar surface area (TPSA) is 31.6 Å². The summed E-state index contributed by atoms with van der Waals surface area (Å²) >= 11 is 0. The van der Waals surface area contributed by atoms with Crippen LogP contribution < -0.4 is 5.46 Å². The summed E-state index contributed by atoms with van der Waals surface area (Å²) in [4.78, 5) is 0. The van der Waals surface area contributed by atoms with E-state index in [0.29, 0.717) is 0 Å². The van der Waals surface area contributed by atoms with E-state index in [0.717, 1.165) is 43.9 Å². The van der Waals surface area contributed by atoms with Crippen molar-refractivity contribution in [1.82, 2.24) is 0 Å². The number of hydrogen-bond acceptors (Lipinski definition) is 3. The molecule has 0 spiro atoms. The molecule has 4 heteroatoms. The summed E-state index contributed by atoms with van der Waals surface area (Å²) in [5.74, 6) is 0. The number of furan rings is 1. The van der Waals surface area contributed by atoms with Crippen LogP contribution in [0, 0.1) is 0 Å². The van der Waals surface area contributed by atoms with Gasteiger partial charge in [-0.15, -0.1) is 0 Å². The van der Waals surface area contributed by atoms with Gasteiger partial charge in [-0.1, -0.05) is 60.7 Å². The molecule has 1 aliphatic heterocycles. The lowest BCUT2D eigenvalue weighted by molar-refractivity contribution is 0.00578. The number of benzene rings is 4. The fourth-order valence-corrected chi connectivity index (χ4v) is 4.50. The van der Waals surface area contributed by atoms with Gasteiger partial charge >= 0.3 is 7.12 Å². The normalized spacial score (nSPS) is 17.6. The van der Waals surface area contributed by atoms with Crippen molar-refractivity contribution in [2.45, 2.75) is 38.9 Å². The highest BCUT2D eigenvalue weighted by molar-refractivity contribution is 6.62. The Morgan fingerprint density at radius 2 is 1.31 bits per heavy atom. The minimum atomic E-state index is -0.345. The first-order valence-corrected chi connectivity index (χ1v) is 11.1. The Balaban J connectivity index is 1.38. The SMILES string of the molecule is CC1(C)OB(c2ccc(-c3ccc4oc5c6ccccc6ccc5c4c3)cc2)OC1(C)C. The van der Waals surface area contributed by atoms with Crippen molar-refractivity contribution in [1.29, 1.82) is 0 Å². The fourth-order valence-electron chi connectivity index (χ4n) is 4.50. The molecule has 2 heterocycles. The first kappa shape index (κ1) is 19.6. The molecule has 1 aliphatic rings. The van der Waals surface area contributed by atoms with Crippen LogP contribution in [0.15, 0.2) is 83.3 Å². The predicted molar refractivity (Wildman–Crippen MR) is 132 cm³/mol. The highest BCUT2D eigenvalue weighted by Gasteiger charge is 2.51. The van der Waals surface area contributed by atoms with Crippen LogP contribution in [0.5, 0.6) is 0 Å². The van der Waals surface area contributed by atoms with E-state index in [1.165, 1.54) is 5.39 Å². The summed E-state index contributed by atoms with van der Waals surface area (Å²) in [6, 6.07) is 27.6. The molecule has 0 atom stereocenters. The van der Waals surface area contributed by atoms with Gasteiger partial charge in [-0.05, 0) is 67.9 Å². The summed E-state index contributed by atoms with van der Waals surface area (Å²) in [6.45, 7) is 8.31. The first-order valence-electron chi connectivity index (χ1n) is 11.1. The maximum atomic E-state index is 6.25. The Labute approximate surface area is 188 Å². The Bertz CT molecular complexity index is 1460. The van der Waals surface area contributed by atoms with E-state index < -0.39 is 0 Å². The number of rotatable bonds is 2. The largest absolute Gasteiger partial charge is 0.494 e. The van der Waals surface area contributed by atoms with Crippen molar-refractivity contribution >= 4 is 45.3 Å². The van der Waals surface area contributed by atoms with E-state index in [2.05, 4.69) is 107 Å². The maximum absolute atomic E-state index is 6.25. The van der Waals surface area contributed by atoms with E-state index in [4.69, 9.17) is 13.7 Å². The van der Waals surface area contributed by atoms with Crippen LogP contribution in [-0.4, -0.2) is 18.3 Å². The van der Waals surface area contributed by atoms with Gasteiger partial charge in [0.2, 0.25) is 0 Å². The molecule has 0 saturated carbocycles. The average Bonchev–Trinajstić information content (AvgIpc) is 3.27. The molecule has 0 amide bonds. The Kier molecular flexibility index (Phi) is 4.11. The maximum Gasteiger partial charge on any atom is 0.494 e. The molecule has 32 heavy (non-hydrogen) atoms. The van der Waals surface area contributed by atoms with Crippen molar-refractivity contribution in [2.24, 2.45) is 0 Å². The second kappa shape index (κ2) is 6.71. The molecule has 3 nitrogen and oxygen atoms in total. The average molecular weight is 420 g/mol. The fraction of sp³-hybridized carbons (Fsp3) is 0.214. The molecule has 4 aromatic carbocycles. The van der Waals surface area contributed by atoms with Crippen LogP contribution >= 0.6 is 0 Å². The van der Waals surface area contributed by atoms with Crippen LogP contribution in [0.2, 0.25) is 0 Å². The van der Waals surface area contributed by atoms with Crippen LogP contribution in [0.25, 0.3) is 43.8 Å². The molecule has 6 rings (SSSR count). The minimum Gasteiger partial charge on any atom is -0.455 e. The highest BCUT2D eigenvalue weighted by atomic mass is 16.7. The zero-order valence-electron chi connectivity index (χ0n) is 18.8. The second-order valence-electron chi connectivity index (χ2n) is 9.69. The minimum absolute atomic E-state index is 0.339. The van der Waals surface area contributed by atoms with Gasteiger partial charge < -0.3 is 13.7 Å². The zero-order valence-corrected chi connectivity index (χ0v) is 18.8. The predicted octanol–water partition coefficient (Wildman–Crippen LogP) is 6.71. The molecule has 0 radical (unpaired) electrons. The lowest BCUT2D eigenvalue weighted by Gasteiger charge is -2.32. The van der Waals surface area contributed by atoms with Crippen LogP contribution in [0.4, 0.5) is 0 Å². The van der Waals surface area contributed by atoms with Crippen molar-refractivity contribution in [3.63, 3.8) is 0 Å². The lowest BCUT2D eigenvalue weighted by Crippen LogP contribution is -2.41. The third kappa shape index (κ3) is 2.91.